The Hall–Kier alpha value is -1.88. The Balaban J connectivity index is 1.31. The number of rotatable bonds is 5. The fourth-order valence-corrected chi connectivity index (χ4v) is 4.89. The Kier molecular flexibility index (Phi) is 5.22. The molecule has 27 heavy (non-hydrogen) atoms. The van der Waals surface area contributed by atoms with E-state index >= 15 is 0 Å². The summed E-state index contributed by atoms with van der Waals surface area (Å²) < 4.78 is 5.15. The van der Waals surface area contributed by atoms with Gasteiger partial charge in [-0.3, -0.25) is 9.59 Å². The lowest BCUT2D eigenvalue weighted by Crippen LogP contribution is -2.53. The first-order valence-electron chi connectivity index (χ1n) is 10.2. The SMILES string of the molecule is COCCN1CC2(CCC1=O)CCN(C(=O)[C@@H]1C[C@H]1c1ccccc1)CC2. The van der Waals surface area contributed by atoms with E-state index in [1.165, 1.54) is 5.56 Å². The molecule has 0 bridgehead atoms. The van der Waals surface area contributed by atoms with Crippen molar-refractivity contribution in [3.05, 3.63) is 35.9 Å². The zero-order valence-corrected chi connectivity index (χ0v) is 16.2. The lowest BCUT2D eigenvalue weighted by molar-refractivity contribution is -0.143. The standard InChI is InChI=1S/C22H30N2O3/c1-27-14-13-24-16-22(8-7-20(24)25)9-11-23(12-10-22)21(26)19-15-18(19)17-5-3-2-4-6-17/h2-6,18-19H,7-16H2,1H3/t18-,19+/m0/s1. The van der Waals surface area contributed by atoms with Crippen molar-refractivity contribution in [2.75, 3.05) is 39.9 Å². The van der Waals surface area contributed by atoms with Crippen LogP contribution in [-0.2, 0) is 14.3 Å². The van der Waals surface area contributed by atoms with Crippen LogP contribution >= 0.6 is 0 Å². The second kappa shape index (κ2) is 7.63. The Morgan fingerprint density at radius 3 is 2.63 bits per heavy atom. The Morgan fingerprint density at radius 2 is 1.93 bits per heavy atom. The number of carbonyl (C=O) groups is 2. The lowest BCUT2D eigenvalue weighted by atomic mass is 9.72. The molecule has 2 aliphatic heterocycles. The number of ether oxygens (including phenoxy) is 1. The molecule has 146 valence electrons. The molecule has 0 N–H and O–H groups in total. The number of piperidine rings is 2. The van der Waals surface area contributed by atoms with E-state index in [9.17, 15) is 9.59 Å². The maximum Gasteiger partial charge on any atom is 0.226 e. The third kappa shape index (κ3) is 3.88. The number of hydrogen-bond donors (Lipinski definition) is 0. The van der Waals surface area contributed by atoms with Gasteiger partial charge in [0, 0.05) is 45.6 Å². The molecule has 2 amide bonds. The van der Waals surface area contributed by atoms with E-state index in [1.807, 2.05) is 11.0 Å². The van der Waals surface area contributed by atoms with Gasteiger partial charge in [0.1, 0.15) is 0 Å². The van der Waals surface area contributed by atoms with Crippen molar-refractivity contribution in [3.63, 3.8) is 0 Å². The highest BCUT2D eigenvalue weighted by Gasteiger charge is 2.48. The van der Waals surface area contributed by atoms with Gasteiger partial charge in [0.15, 0.2) is 0 Å². The van der Waals surface area contributed by atoms with Crippen molar-refractivity contribution in [1.82, 2.24) is 9.80 Å². The Morgan fingerprint density at radius 1 is 1.19 bits per heavy atom. The van der Waals surface area contributed by atoms with Crippen LogP contribution in [0.25, 0.3) is 0 Å². The molecule has 2 heterocycles. The van der Waals surface area contributed by atoms with Crippen LogP contribution in [0.5, 0.6) is 0 Å². The van der Waals surface area contributed by atoms with Gasteiger partial charge < -0.3 is 14.5 Å². The minimum atomic E-state index is 0.174. The van der Waals surface area contributed by atoms with Crippen LogP contribution in [0.1, 0.15) is 43.6 Å². The van der Waals surface area contributed by atoms with E-state index in [0.29, 0.717) is 31.4 Å². The first-order valence-corrected chi connectivity index (χ1v) is 10.2. The molecular formula is C22H30N2O3. The molecule has 5 heteroatoms. The summed E-state index contributed by atoms with van der Waals surface area (Å²) in [6.07, 6.45) is 4.62. The molecule has 1 aromatic rings. The summed E-state index contributed by atoms with van der Waals surface area (Å²) in [5.74, 6) is 1.17. The van der Waals surface area contributed by atoms with Gasteiger partial charge in [-0.25, -0.2) is 0 Å². The largest absolute Gasteiger partial charge is 0.383 e. The van der Waals surface area contributed by atoms with E-state index in [0.717, 1.165) is 45.3 Å². The van der Waals surface area contributed by atoms with Gasteiger partial charge in [-0.15, -0.1) is 0 Å². The smallest absolute Gasteiger partial charge is 0.226 e. The number of carbonyl (C=O) groups excluding carboxylic acids is 2. The molecule has 1 saturated carbocycles. The first kappa shape index (κ1) is 18.5. The van der Waals surface area contributed by atoms with Gasteiger partial charge in [0.05, 0.1) is 6.61 Å². The van der Waals surface area contributed by atoms with Crippen LogP contribution in [0.3, 0.4) is 0 Å². The van der Waals surface area contributed by atoms with Crippen molar-refractivity contribution >= 4 is 11.8 Å². The number of benzene rings is 1. The Labute approximate surface area is 161 Å². The molecule has 1 spiro atoms. The molecule has 0 radical (unpaired) electrons. The van der Waals surface area contributed by atoms with Crippen molar-refractivity contribution in [1.29, 1.82) is 0 Å². The third-order valence-corrected chi connectivity index (χ3v) is 6.78. The lowest BCUT2D eigenvalue weighted by Gasteiger charge is -2.47. The number of amides is 2. The summed E-state index contributed by atoms with van der Waals surface area (Å²) in [5.41, 5.74) is 1.49. The summed E-state index contributed by atoms with van der Waals surface area (Å²) in [6, 6.07) is 10.4. The van der Waals surface area contributed by atoms with Crippen molar-refractivity contribution < 1.29 is 14.3 Å². The molecule has 0 unspecified atom stereocenters. The van der Waals surface area contributed by atoms with Gasteiger partial charge in [0.25, 0.3) is 0 Å². The average Bonchev–Trinajstić information content (AvgIpc) is 3.51. The third-order valence-electron chi connectivity index (χ3n) is 6.78. The summed E-state index contributed by atoms with van der Waals surface area (Å²) in [4.78, 5) is 29.1. The number of likely N-dealkylation sites (tertiary alicyclic amines) is 2. The van der Waals surface area contributed by atoms with E-state index < -0.39 is 0 Å². The van der Waals surface area contributed by atoms with Crippen LogP contribution in [0.4, 0.5) is 0 Å². The predicted octanol–water partition coefficient (Wildman–Crippen LogP) is 2.67. The minimum absolute atomic E-state index is 0.174. The summed E-state index contributed by atoms with van der Waals surface area (Å²) >= 11 is 0. The van der Waals surface area contributed by atoms with E-state index in [2.05, 4.69) is 29.2 Å². The highest BCUT2D eigenvalue weighted by Crippen LogP contribution is 2.49. The molecule has 3 aliphatic rings. The molecule has 4 rings (SSSR count). The van der Waals surface area contributed by atoms with Crippen LogP contribution in [0, 0.1) is 11.3 Å². The van der Waals surface area contributed by atoms with Gasteiger partial charge in [0.2, 0.25) is 11.8 Å². The van der Waals surface area contributed by atoms with Crippen LogP contribution < -0.4 is 0 Å². The molecule has 0 aromatic heterocycles. The van der Waals surface area contributed by atoms with Gasteiger partial charge in [-0.2, -0.15) is 0 Å². The number of methoxy groups -OCH3 is 1. The second-order valence-corrected chi connectivity index (χ2v) is 8.49. The zero-order chi connectivity index (χ0) is 18.9. The summed E-state index contributed by atoms with van der Waals surface area (Å²) in [6.45, 7) is 3.77. The van der Waals surface area contributed by atoms with Gasteiger partial charge >= 0.3 is 0 Å². The molecule has 1 aromatic carbocycles. The quantitative estimate of drug-likeness (QED) is 0.801. The molecule has 3 fully saturated rings. The molecule has 2 atom stereocenters. The summed E-state index contributed by atoms with van der Waals surface area (Å²) in [5, 5.41) is 0. The first-order chi connectivity index (χ1) is 13.1. The highest BCUT2D eigenvalue weighted by molar-refractivity contribution is 5.83. The number of hydrogen-bond acceptors (Lipinski definition) is 3. The monoisotopic (exact) mass is 370 g/mol. The van der Waals surface area contributed by atoms with Crippen molar-refractivity contribution in [3.8, 4) is 0 Å². The van der Waals surface area contributed by atoms with E-state index in [-0.39, 0.29) is 17.2 Å². The Bertz CT molecular complexity index is 682. The topological polar surface area (TPSA) is 49.9 Å². The normalized spacial score (nSPS) is 27.1. The average molecular weight is 370 g/mol. The molecule has 1 aliphatic carbocycles. The second-order valence-electron chi connectivity index (χ2n) is 8.49. The fourth-order valence-electron chi connectivity index (χ4n) is 4.89. The minimum Gasteiger partial charge on any atom is -0.383 e. The maximum atomic E-state index is 12.9. The molecule has 5 nitrogen and oxygen atoms in total. The number of nitrogens with zero attached hydrogens (tertiary/aromatic N) is 2. The van der Waals surface area contributed by atoms with Crippen LogP contribution in [0.15, 0.2) is 30.3 Å². The molecular weight excluding hydrogens is 340 g/mol. The maximum absolute atomic E-state index is 12.9. The van der Waals surface area contributed by atoms with E-state index in [1.54, 1.807) is 7.11 Å². The predicted molar refractivity (Wildman–Crippen MR) is 103 cm³/mol. The fraction of sp³-hybridized carbons (Fsp3) is 0.636. The van der Waals surface area contributed by atoms with Gasteiger partial charge in [-0.05, 0) is 42.6 Å². The highest BCUT2D eigenvalue weighted by atomic mass is 16.5. The summed E-state index contributed by atoms with van der Waals surface area (Å²) in [7, 11) is 1.68. The zero-order valence-electron chi connectivity index (χ0n) is 16.2. The van der Waals surface area contributed by atoms with Crippen molar-refractivity contribution in [2.24, 2.45) is 11.3 Å². The molecule has 2 saturated heterocycles. The van der Waals surface area contributed by atoms with Gasteiger partial charge in [-0.1, -0.05) is 30.3 Å². The van der Waals surface area contributed by atoms with Crippen molar-refractivity contribution in [2.45, 2.75) is 38.0 Å². The van der Waals surface area contributed by atoms with Crippen LogP contribution in [0.2, 0.25) is 0 Å². The van der Waals surface area contributed by atoms with E-state index in [4.69, 9.17) is 4.74 Å². The van der Waals surface area contributed by atoms with Crippen LogP contribution in [-0.4, -0.2) is 61.5 Å².